The van der Waals surface area contributed by atoms with E-state index in [1.54, 1.807) is 19.5 Å². The van der Waals surface area contributed by atoms with Crippen LogP contribution in [0.15, 0.2) is 36.7 Å². The second-order valence-electron chi connectivity index (χ2n) is 3.46. The van der Waals surface area contributed by atoms with Gasteiger partial charge >= 0.3 is 0 Å². The van der Waals surface area contributed by atoms with Gasteiger partial charge in [0.2, 0.25) is 0 Å². The van der Waals surface area contributed by atoms with Gasteiger partial charge in [-0.3, -0.25) is 4.98 Å². The Bertz CT molecular complexity index is 543. The maximum atomic E-state index is 8.62. The topological polar surface area (TPSA) is 58.8 Å². The van der Waals surface area contributed by atoms with Gasteiger partial charge in [-0.1, -0.05) is 0 Å². The predicted octanol–water partition coefficient (Wildman–Crippen LogP) is 2.22. The van der Waals surface area contributed by atoms with Crippen molar-refractivity contribution in [1.82, 2.24) is 9.97 Å². The fourth-order valence-electron chi connectivity index (χ4n) is 1.47. The third kappa shape index (κ3) is 2.58. The lowest BCUT2D eigenvalue weighted by Gasteiger charge is -2.03. The van der Waals surface area contributed by atoms with Gasteiger partial charge in [0.15, 0.2) is 0 Å². The molecule has 0 N–H and O–H groups in total. The molecule has 0 fully saturated rings. The Kier molecular flexibility index (Phi) is 3.31. The zero-order valence-electron chi connectivity index (χ0n) is 9.42. The molecule has 1 heterocycles. The Hall–Kier alpha value is -2.41. The lowest BCUT2D eigenvalue weighted by Crippen LogP contribution is -1.93. The quantitative estimate of drug-likeness (QED) is 0.803. The van der Waals surface area contributed by atoms with E-state index >= 15 is 0 Å². The van der Waals surface area contributed by atoms with E-state index in [1.165, 1.54) is 0 Å². The van der Waals surface area contributed by atoms with E-state index < -0.39 is 0 Å². The molecular formula is C13H11N3O. The van der Waals surface area contributed by atoms with E-state index in [2.05, 4.69) is 16.0 Å². The summed E-state index contributed by atoms with van der Waals surface area (Å²) < 4.78 is 5.09. The molecule has 1 aromatic carbocycles. The number of aromatic nitrogens is 2. The highest BCUT2D eigenvalue weighted by Crippen LogP contribution is 2.20. The fourth-order valence-corrected chi connectivity index (χ4v) is 1.47. The maximum absolute atomic E-state index is 8.62. The summed E-state index contributed by atoms with van der Waals surface area (Å²) in [7, 11) is 1.63. The first kappa shape index (κ1) is 11.1. The van der Waals surface area contributed by atoms with E-state index in [4.69, 9.17) is 10.00 Å². The van der Waals surface area contributed by atoms with Crippen LogP contribution in [0.5, 0.6) is 5.75 Å². The molecule has 84 valence electrons. The predicted molar refractivity (Wildman–Crippen MR) is 63.3 cm³/mol. The smallest absolute Gasteiger partial charge is 0.118 e. The second-order valence-corrected chi connectivity index (χ2v) is 3.46. The van der Waals surface area contributed by atoms with Gasteiger partial charge < -0.3 is 4.74 Å². The maximum Gasteiger partial charge on any atom is 0.118 e. The summed E-state index contributed by atoms with van der Waals surface area (Å²) in [5.74, 6) is 0.801. The van der Waals surface area contributed by atoms with Gasteiger partial charge in [-0.05, 0) is 24.3 Å². The van der Waals surface area contributed by atoms with Gasteiger partial charge in [-0.15, -0.1) is 0 Å². The van der Waals surface area contributed by atoms with Crippen molar-refractivity contribution in [3.63, 3.8) is 0 Å². The van der Waals surface area contributed by atoms with Gasteiger partial charge in [0.05, 0.1) is 37.2 Å². The summed E-state index contributed by atoms with van der Waals surface area (Å²) in [4.78, 5) is 8.44. The molecule has 1 aromatic heterocycles. The Balaban J connectivity index is 2.32. The van der Waals surface area contributed by atoms with Crippen LogP contribution in [0.2, 0.25) is 0 Å². The molecule has 4 heteroatoms. The molecule has 0 spiro atoms. The van der Waals surface area contributed by atoms with Crippen LogP contribution in [0.1, 0.15) is 5.69 Å². The number of benzene rings is 1. The molecule has 4 nitrogen and oxygen atoms in total. The molecule has 0 amide bonds. The molecule has 0 radical (unpaired) electrons. The van der Waals surface area contributed by atoms with Crippen molar-refractivity contribution in [2.75, 3.05) is 7.11 Å². The zero-order chi connectivity index (χ0) is 12.1. The normalized spacial score (nSPS) is 9.65. The first-order valence-corrected chi connectivity index (χ1v) is 5.16. The number of methoxy groups -OCH3 is 1. The number of nitriles is 1. The summed E-state index contributed by atoms with van der Waals surface area (Å²) in [5, 5.41) is 8.62. The second kappa shape index (κ2) is 5.08. The Morgan fingerprint density at radius 3 is 2.65 bits per heavy atom. The first-order chi connectivity index (χ1) is 8.33. The Labute approximate surface area is 99.5 Å². The van der Waals surface area contributed by atoms with Crippen LogP contribution in [-0.2, 0) is 6.42 Å². The molecule has 0 unspecified atom stereocenters. The molecule has 17 heavy (non-hydrogen) atoms. The van der Waals surface area contributed by atoms with Crippen LogP contribution in [0.4, 0.5) is 0 Å². The lowest BCUT2D eigenvalue weighted by atomic mass is 10.1. The molecule has 2 rings (SSSR count). The highest BCUT2D eigenvalue weighted by molar-refractivity contribution is 5.59. The minimum Gasteiger partial charge on any atom is -0.497 e. The number of ether oxygens (including phenoxy) is 1. The third-order valence-corrected chi connectivity index (χ3v) is 2.33. The highest BCUT2D eigenvalue weighted by atomic mass is 16.5. The molecule has 2 aromatic rings. The minimum atomic E-state index is 0.275. The molecule has 0 aliphatic rings. The monoisotopic (exact) mass is 225 g/mol. The van der Waals surface area contributed by atoms with E-state index in [9.17, 15) is 0 Å². The number of hydrogen-bond donors (Lipinski definition) is 0. The summed E-state index contributed by atoms with van der Waals surface area (Å²) >= 11 is 0. The molecule has 0 aliphatic carbocycles. The van der Waals surface area contributed by atoms with Crippen LogP contribution < -0.4 is 4.74 Å². The van der Waals surface area contributed by atoms with Gasteiger partial charge in [-0.2, -0.15) is 5.26 Å². The van der Waals surface area contributed by atoms with Gasteiger partial charge in [0.1, 0.15) is 5.75 Å². The number of rotatable bonds is 3. The molecule has 0 aliphatic heterocycles. The van der Waals surface area contributed by atoms with Gasteiger partial charge in [0, 0.05) is 11.8 Å². The van der Waals surface area contributed by atoms with Gasteiger partial charge in [0.25, 0.3) is 0 Å². The van der Waals surface area contributed by atoms with Crippen molar-refractivity contribution in [1.29, 1.82) is 5.26 Å². The first-order valence-electron chi connectivity index (χ1n) is 5.16. The van der Waals surface area contributed by atoms with Crippen molar-refractivity contribution in [2.24, 2.45) is 0 Å². The highest BCUT2D eigenvalue weighted by Gasteiger charge is 2.02. The number of hydrogen-bond acceptors (Lipinski definition) is 4. The van der Waals surface area contributed by atoms with Crippen molar-refractivity contribution >= 4 is 0 Å². The summed E-state index contributed by atoms with van der Waals surface area (Å²) in [6.45, 7) is 0. The van der Waals surface area contributed by atoms with Crippen molar-refractivity contribution in [3.8, 4) is 23.1 Å². The van der Waals surface area contributed by atoms with E-state index in [1.807, 2.05) is 24.3 Å². The van der Waals surface area contributed by atoms with Crippen LogP contribution in [0, 0.1) is 11.3 Å². The molecule has 0 bridgehead atoms. The SMILES string of the molecule is COc1ccc(-c2cncc(CC#N)n2)cc1. The van der Waals surface area contributed by atoms with Crippen LogP contribution in [-0.4, -0.2) is 17.1 Å². The molecular weight excluding hydrogens is 214 g/mol. The number of nitrogens with zero attached hydrogens (tertiary/aromatic N) is 3. The minimum absolute atomic E-state index is 0.275. The molecule has 0 atom stereocenters. The van der Waals surface area contributed by atoms with Gasteiger partial charge in [-0.25, -0.2) is 4.98 Å². The molecule has 0 saturated heterocycles. The summed E-state index contributed by atoms with van der Waals surface area (Å²) in [5.41, 5.74) is 2.40. The Morgan fingerprint density at radius 2 is 2.00 bits per heavy atom. The third-order valence-electron chi connectivity index (χ3n) is 2.33. The zero-order valence-corrected chi connectivity index (χ0v) is 9.42. The fraction of sp³-hybridized carbons (Fsp3) is 0.154. The van der Waals surface area contributed by atoms with Crippen molar-refractivity contribution in [2.45, 2.75) is 6.42 Å². The largest absolute Gasteiger partial charge is 0.497 e. The average Bonchev–Trinajstić information content (AvgIpc) is 2.40. The van der Waals surface area contributed by atoms with Crippen LogP contribution in [0.25, 0.3) is 11.3 Å². The van der Waals surface area contributed by atoms with E-state index in [0.29, 0.717) is 5.69 Å². The van der Waals surface area contributed by atoms with Crippen LogP contribution >= 0.6 is 0 Å². The van der Waals surface area contributed by atoms with Crippen LogP contribution in [0.3, 0.4) is 0 Å². The lowest BCUT2D eigenvalue weighted by molar-refractivity contribution is 0.415. The van der Waals surface area contributed by atoms with Crippen molar-refractivity contribution < 1.29 is 4.74 Å². The molecule has 0 saturated carbocycles. The Morgan fingerprint density at radius 1 is 1.24 bits per heavy atom. The van der Waals surface area contributed by atoms with E-state index in [0.717, 1.165) is 17.0 Å². The standard InChI is InChI=1S/C13H11N3O/c1-17-12-4-2-10(3-5-12)13-9-15-8-11(16-13)6-7-14/h2-5,8-9H,6H2,1H3. The average molecular weight is 225 g/mol. The van der Waals surface area contributed by atoms with Crippen molar-refractivity contribution in [3.05, 3.63) is 42.4 Å². The summed E-state index contributed by atoms with van der Waals surface area (Å²) in [6, 6.07) is 9.63. The van der Waals surface area contributed by atoms with E-state index in [-0.39, 0.29) is 6.42 Å². The summed E-state index contributed by atoms with van der Waals surface area (Å²) in [6.07, 6.45) is 3.57.